The second-order valence-electron chi connectivity index (χ2n) is 7.59. The van der Waals surface area contributed by atoms with Crippen LogP contribution in [0.1, 0.15) is 23.8 Å². The molecule has 1 fully saturated rings. The highest BCUT2D eigenvalue weighted by Gasteiger charge is 2.36. The molecule has 164 valence electrons. The van der Waals surface area contributed by atoms with Gasteiger partial charge >= 0.3 is 0 Å². The van der Waals surface area contributed by atoms with Gasteiger partial charge in [-0.25, -0.2) is 18.4 Å². The Hall–Kier alpha value is -3.22. The van der Waals surface area contributed by atoms with Crippen molar-refractivity contribution >= 4 is 44.2 Å². The Morgan fingerprint density at radius 3 is 2.25 bits per heavy atom. The molecule has 2 heterocycles. The first-order valence-corrected chi connectivity index (χ1v) is 11.9. The molecule has 1 aliphatic rings. The summed E-state index contributed by atoms with van der Waals surface area (Å²) in [6.07, 6.45) is 1.04. The number of halogens is 1. The number of amides is 1. The van der Waals surface area contributed by atoms with Crippen molar-refractivity contribution in [2.45, 2.75) is 23.0 Å². The normalized spacial score (nSPS) is 15.9. The topological polar surface area (TPSA) is 130 Å². The average Bonchev–Trinajstić information content (AvgIpc) is 2.79. The molecule has 0 spiro atoms. The van der Waals surface area contributed by atoms with E-state index in [9.17, 15) is 18.5 Å². The zero-order chi connectivity index (χ0) is 22.9. The van der Waals surface area contributed by atoms with E-state index in [4.69, 9.17) is 17.3 Å². The minimum atomic E-state index is -4.10. The summed E-state index contributed by atoms with van der Waals surface area (Å²) in [5.74, 6) is -0.266. The maximum absolute atomic E-state index is 13.4. The number of anilines is 1. The summed E-state index contributed by atoms with van der Waals surface area (Å²) in [4.78, 5) is 22.6. The SMILES string of the molecule is N#C[C@@H](c1nc2ccccc2nc1N1CCC(C(N)=O)CC1)S(=O)(=O)c1ccc(Cl)cc1. The summed E-state index contributed by atoms with van der Waals surface area (Å²) >= 11 is 5.90. The Morgan fingerprint density at radius 2 is 1.69 bits per heavy atom. The summed E-state index contributed by atoms with van der Waals surface area (Å²) in [7, 11) is -4.10. The quantitative estimate of drug-likeness (QED) is 0.607. The summed E-state index contributed by atoms with van der Waals surface area (Å²) in [6.45, 7) is 0.902. The number of fused-ring (bicyclic) bond motifs is 1. The number of benzene rings is 2. The van der Waals surface area contributed by atoms with Crippen molar-refractivity contribution in [3.05, 3.63) is 59.2 Å². The molecule has 32 heavy (non-hydrogen) atoms. The highest BCUT2D eigenvalue weighted by Crippen LogP contribution is 2.35. The molecule has 8 nitrogen and oxygen atoms in total. The van der Waals surface area contributed by atoms with Crippen molar-refractivity contribution in [3.8, 4) is 6.07 Å². The molecule has 3 aromatic rings. The van der Waals surface area contributed by atoms with E-state index in [2.05, 4.69) is 9.97 Å². The number of nitrogens with two attached hydrogens (primary N) is 1. The highest BCUT2D eigenvalue weighted by molar-refractivity contribution is 7.92. The molecular formula is C22H20ClN5O3S. The minimum absolute atomic E-state index is 0.0261. The van der Waals surface area contributed by atoms with Crippen LogP contribution < -0.4 is 10.6 Å². The van der Waals surface area contributed by atoms with E-state index in [0.29, 0.717) is 47.8 Å². The second-order valence-corrected chi connectivity index (χ2v) is 10.1. The lowest BCUT2D eigenvalue weighted by molar-refractivity contribution is -0.122. The third-order valence-electron chi connectivity index (χ3n) is 5.59. The van der Waals surface area contributed by atoms with Gasteiger partial charge in [0.2, 0.25) is 15.7 Å². The van der Waals surface area contributed by atoms with Crippen molar-refractivity contribution in [1.82, 2.24) is 9.97 Å². The van der Waals surface area contributed by atoms with Gasteiger partial charge in [0.1, 0.15) is 5.69 Å². The number of hydrogen-bond acceptors (Lipinski definition) is 7. The lowest BCUT2D eigenvalue weighted by Crippen LogP contribution is -2.39. The summed E-state index contributed by atoms with van der Waals surface area (Å²) in [5.41, 5.74) is 6.59. The first-order chi connectivity index (χ1) is 15.3. The van der Waals surface area contributed by atoms with Gasteiger partial charge < -0.3 is 10.6 Å². The molecule has 0 unspecified atom stereocenters. The molecule has 0 saturated carbocycles. The third kappa shape index (κ3) is 4.11. The van der Waals surface area contributed by atoms with Gasteiger partial charge in [0.25, 0.3) is 0 Å². The van der Waals surface area contributed by atoms with E-state index >= 15 is 0 Å². The lowest BCUT2D eigenvalue weighted by Gasteiger charge is -2.33. The van der Waals surface area contributed by atoms with Crippen LogP contribution in [0.3, 0.4) is 0 Å². The summed E-state index contributed by atoms with van der Waals surface area (Å²) in [5, 5.41) is 8.76. The van der Waals surface area contributed by atoms with Crippen molar-refractivity contribution in [3.63, 3.8) is 0 Å². The molecular weight excluding hydrogens is 450 g/mol. The van der Waals surface area contributed by atoms with Crippen LogP contribution in [0.5, 0.6) is 0 Å². The Labute approximate surface area is 190 Å². The number of primary amides is 1. The first kappa shape index (κ1) is 22.0. The molecule has 0 bridgehead atoms. The van der Waals surface area contributed by atoms with Crippen LogP contribution in [0.2, 0.25) is 5.02 Å². The Bertz CT molecular complexity index is 1310. The number of rotatable bonds is 5. The molecule has 4 rings (SSSR count). The van der Waals surface area contributed by atoms with Crippen LogP contribution in [0.4, 0.5) is 5.82 Å². The predicted molar refractivity (Wildman–Crippen MR) is 121 cm³/mol. The molecule has 0 radical (unpaired) electrons. The number of para-hydroxylation sites is 2. The molecule has 0 aliphatic carbocycles. The van der Waals surface area contributed by atoms with Gasteiger partial charge in [-0.1, -0.05) is 23.7 Å². The van der Waals surface area contributed by atoms with Crippen LogP contribution >= 0.6 is 11.6 Å². The molecule has 2 N–H and O–H groups in total. The molecule has 1 saturated heterocycles. The number of nitriles is 1. The fourth-order valence-electron chi connectivity index (χ4n) is 3.83. The monoisotopic (exact) mass is 469 g/mol. The van der Waals surface area contributed by atoms with E-state index in [1.807, 2.05) is 17.0 Å². The van der Waals surface area contributed by atoms with Gasteiger partial charge in [-0.2, -0.15) is 5.26 Å². The van der Waals surface area contributed by atoms with Crippen LogP contribution in [-0.2, 0) is 14.6 Å². The van der Waals surface area contributed by atoms with E-state index in [-0.39, 0.29) is 22.4 Å². The lowest BCUT2D eigenvalue weighted by atomic mass is 9.96. The molecule has 1 aliphatic heterocycles. The number of sulfone groups is 1. The first-order valence-electron chi connectivity index (χ1n) is 10.0. The number of nitrogens with zero attached hydrogens (tertiary/aromatic N) is 4. The minimum Gasteiger partial charge on any atom is -0.369 e. The molecule has 1 aromatic heterocycles. The molecule has 10 heteroatoms. The van der Waals surface area contributed by atoms with Crippen molar-refractivity contribution < 1.29 is 13.2 Å². The highest BCUT2D eigenvalue weighted by atomic mass is 35.5. The fourth-order valence-corrected chi connectivity index (χ4v) is 5.33. The largest absolute Gasteiger partial charge is 0.369 e. The average molecular weight is 470 g/mol. The third-order valence-corrected chi connectivity index (χ3v) is 7.72. The maximum atomic E-state index is 13.4. The van der Waals surface area contributed by atoms with Crippen LogP contribution in [-0.4, -0.2) is 37.4 Å². The van der Waals surface area contributed by atoms with Gasteiger partial charge in [0.05, 0.1) is 22.0 Å². The van der Waals surface area contributed by atoms with Gasteiger partial charge in [-0.15, -0.1) is 0 Å². The van der Waals surface area contributed by atoms with Gasteiger partial charge in [0.15, 0.2) is 11.1 Å². The van der Waals surface area contributed by atoms with E-state index in [1.54, 1.807) is 18.2 Å². The summed E-state index contributed by atoms with van der Waals surface area (Å²) in [6, 6.07) is 14.7. The summed E-state index contributed by atoms with van der Waals surface area (Å²) < 4.78 is 26.7. The van der Waals surface area contributed by atoms with Crippen molar-refractivity contribution in [1.29, 1.82) is 5.26 Å². The smallest absolute Gasteiger partial charge is 0.220 e. The van der Waals surface area contributed by atoms with E-state index in [0.717, 1.165) is 0 Å². The van der Waals surface area contributed by atoms with Crippen LogP contribution in [0.25, 0.3) is 11.0 Å². The number of piperidine rings is 1. The fraction of sp³-hybridized carbons (Fsp3) is 0.273. The second kappa shape index (κ2) is 8.73. The van der Waals surface area contributed by atoms with E-state index in [1.165, 1.54) is 24.3 Å². The van der Waals surface area contributed by atoms with Crippen LogP contribution in [0, 0.1) is 17.2 Å². The Morgan fingerprint density at radius 1 is 1.09 bits per heavy atom. The maximum Gasteiger partial charge on any atom is 0.220 e. The van der Waals surface area contributed by atoms with Gasteiger partial charge in [-0.05, 0) is 49.2 Å². The zero-order valence-corrected chi connectivity index (χ0v) is 18.6. The van der Waals surface area contributed by atoms with Gasteiger partial charge in [0, 0.05) is 24.0 Å². The van der Waals surface area contributed by atoms with Gasteiger partial charge in [-0.3, -0.25) is 4.79 Å². The van der Waals surface area contributed by atoms with Crippen LogP contribution in [0.15, 0.2) is 53.4 Å². The molecule has 2 aromatic carbocycles. The van der Waals surface area contributed by atoms with Crippen molar-refractivity contribution in [2.75, 3.05) is 18.0 Å². The zero-order valence-electron chi connectivity index (χ0n) is 17.0. The predicted octanol–water partition coefficient (Wildman–Crippen LogP) is 3.02. The molecule has 1 amide bonds. The Balaban J connectivity index is 1.83. The van der Waals surface area contributed by atoms with E-state index < -0.39 is 15.1 Å². The number of aromatic nitrogens is 2. The molecule has 1 atom stereocenters. The standard InChI is InChI=1S/C22H20ClN5O3S/c23-15-5-7-16(8-6-15)32(30,31)19(13-24)20-22(27-18-4-2-1-3-17(18)26-20)28-11-9-14(10-12-28)21(25)29/h1-8,14,19H,9-12H2,(H2,25,29)/t19-/m0/s1. The Kier molecular flexibility index (Phi) is 6.00. The number of carbonyl (C=O) groups is 1. The number of hydrogen-bond donors (Lipinski definition) is 1. The van der Waals surface area contributed by atoms with Crippen molar-refractivity contribution in [2.24, 2.45) is 11.7 Å². The number of carbonyl (C=O) groups excluding carboxylic acids is 1.